The molecule has 0 aliphatic heterocycles. The first kappa shape index (κ1) is 30.1. The van der Waals surface area contributed by atoms with Crippen molar-refractivity contribution in [1.82, 2.24) is 19.9 Å². The molecule has 0 saturated heterocycles. The molecule has 4 N–H and O–H groups in total. The number of thiazole rings is 1. The number of aromatic nitrogens is 3. The van der Waals surface area contributed by atoms with Crippen molar-refractivity contribution in [2.75, 3.05) is 45.8 Å². The quantitative estimate of drug-likeness (QED) is 0.225. The van der Waals surface area contributed by atoms with Gasteiger partial charge in [0.1, 0.15) is 5.75 Å². The molecule has 0 radical (unpaired) electrons. The van der Waals surface area contributed by atoms with Crippen LogP contribution in [-0.4, -0.2) is 67.3 Å². The van der Waals surface area contributed by atoms with E-state index >= 15 is 0 Å². The summed E-state index contributed by atoms with van der Waals surface area (Å²) in [5.41, 5.74) is 7.57. The highest BCUT2D eigenvalue weighted by atomic mass is 32.1. The van der Waals surface area contributed by atoms with Crippen LogP contribution in [0.5, 0.6) is 5.75 Å². The molecule has 2 aromatic heterocycles. The van der Waals surface area contributed by atoms with Crippen LogP contribution >= 0.6 is 11.3 Å². The average Bonchev–Trinajstić information content (AvgIpc) is 3.43. The van der Waals surface area contributed by atoms with E-state index in [4.69, 9.17) is 15.2 Å². The first-order valence-electron chi connectivity index (χ1n) is 12.0. The zero-order chi connectivity index (χ0) is 28.4. The SMILES string of the molecule is COCCCN.COCCCNC(=O)c1ccc2c(c1)nc(Nc1nc3ccc(OC(F)(F)F)cc3s1)n2C. The van der Waals surface area contributed by atoms with Gasteiger partial charge in [-0.2, -0.15) is 0 Å². The fraction of sp³-hybridized carbons (Fsp3) is 0.400. The molecule has 2 heterocycles. The summed E-state index contributed by atoms with van der Waals surface area (Å²) in [5.74, 6) is -0.0225. The number of benzene rings is 2. The molecule has 4 rings (SSSR count). The highest BCUT2D eigenvalue weighted by molar-refractivity contribution is 7.22. The molecule has 14 heteroatoms. The first-order valence-corrected chi connectivity index (χ1v) is 12.8. The number of fused-ring (bicyclic) bond motifs is 2. The smallest absolute Gasteiger partial charge is 0.406 e. The minimum atomic E-state index is -4.76. The Morgan fingerprint density at radius 3 is 2.46 bits per heavy atom. The number of hydrogen-bond acceptors (Lipinski definition) is 9. The molecule has 2 aromatic carbocycles. The number of alkyl halides is 3. The van der Waals surface area contributed by atoms with Crippen LogP contribution in [0.2, 0.25) is 0 Å². The number of imidazole rings is 1. The Morgan fingerprint density at radius 2 is 1.79 bits per heavy atom. The van der Waals surface area contributed by atoms with Crippen LogP contribution in [0.3, 0.4) is 0 Å². The minimum absolute atomic E-state index is 0.198. The molecule has 10 nitrogen and oxygen atoms in total. The Morgan fingerprint density at radius 1 is 1.05 bits per heavy atom. The van der Waals surface area contributed by atoms with Crippen LogP contribution in [0.1, 0.15) is 23.2 Å². The first-order chi connectivity index (χ1) is 18.6. The Hall–Kier alpha value is -3.46. The molecule has 4 aromatic rings. The van der Waals surface area contributed by atoms with E-state index in [-0.39, 0.29) is 11.7 Å². The number of carbonyl (C=O) groups excluding carboxylic acids is 1. The third-order valence-corrected chi connectivity index (χ3v) is 6.25. The maximum absolute atomic E-state index is 12.5. The zero-order valence-electron chi connectivity index (χ0n) is 21.8. The third kappa shape index (κ3) is 8.78. The minimum Gasteiger partial charge on any atom is -0.406 e. The van der Waals surface area contributed by atoms with E-state index in [0.717, 1.165) is 25.1 Å². The van der Waals surface area contributed by atoms with E-state index < -0.39 is 6.36 Å². The maximum Gasteiger partial charge on any atom is 0.573 e. The van der Waals surface area contributed by atoms with E-state index in [2.05, 4.69) is 25.3 Å². The van der Waals surface area contributed by atoms with Gasteiger partial charge in [-0.1, -0.05) is 11.3 Å². The molecule has 0 aliphatic carbocycles. The van der Waals surface area contributed by atoms with Gasteiger partial charge in [-0.3, -0.25) is 4.79 Å². The number of ether oxygens (including phenoxy) is 3. The summed E-state index contributed by atoms with van der Waals surface area (Å²) >= 11 is 1.17. The second-order valence-electron chi connectivity index (χ2n) is 8.26. The van der Waals surface area contributed by atoms with E-state index in [1.165, 1.54) is 29.5 Å². The van der Waals surface area contributed by atoms with Gasteiger partial charge in [0.05, 0.1) is 21.3 Å². The molecular formula is C25H31F3N6O4S. The highest BCUT2D eigenvalue weighted by Crippen LogP contribution is 2.33. The van der Waals surface area contributed by atoms with Crippen LogP contribution in [0.4, 0.5) is 24.3 Å². The summed E-state index contributed by atoms with van der Waals surface area (Å²) < 4.78 is 53.4. The molecule has 0 saturated carbocycles. The van der Waals surface area contributed by atoms with E-state index in [9.17, 15) is 18.0 Å². The number of aryl methyl sites for hydroxylation is 1. The van der Waals surface area contributed by atoms with Crippen LogP contribution in [0.15, 0.2) is 36.4 Å². The number of nitrogens with zero attached hydrogens (tertiary/aromatic N) is 3. The van der Waals surface area contributed by atoms with Gasteiger partial charge in [0, 0.05) is 52.7 Å². The van der Waals surface area contributed by atoms with E-state index in [1.54, 1.807) is 37.0 Å². The summed E-state index contributed by atoms with van der Waals surface area (Å²) in [6, 6.07) is 9.19. The van der Waals surface area contributed by atoms with Gasteiger partial charge in [-0.05, 0) is 49.7 Å². The lowest BCUT2D eigenvalue weighted by Crippen LogP contribution is -2.25. The Bertz CT molecular complexity index is 1370. The zero-order valence-corrected chi connectivity index (χ0v) is 22.6. The van der Waals surface area contributed by atoms with Crippen molar-refractivity contribution in [2.24, 2.45) is 12.8 Å². The van der Waals surface area contributed by atoms with Crippen molar-refractivity contribution in [3.63, 3.8) is 0 Å². The van der Waals surface area contributed by atoms with Crippen molar-refractivity contribution >= 4 is 49.6 Å². The number of halogens is 3. The molecular weight excluding hydrogens is 537 g/mol. The monoisotopic (exact) mass is 568 g/mol. The number of nitrogens with one attached hydrogen (secondary N) is 2. The normalized spacial score (nSPS) is 11.4. The van der Waals surface area contributed by atoms with Crippen molar-refractivity contribution < 1.29 is 32.2 Å². The number of carbonyl (C=O) groups is 1. The van der Waals surface area contributed by atoms with Gasteiger partial charge in [0.25, 0.3) is 5.91 Å². The van der Waals surface area contributed by atoms with Crippen LogP contribution < -0.4 is 21.1 Å². The predicted octanol–water partition coefficient (Wildman–Crippen LogP) is 4.57. The second-order valence-corrected chi connectivity index (χ2v) is 9.29. The van der Waals surface area contributed by atoms with Crippen molar-refractivity contribution in [3.05, 3.63) is 42.0 Å². The lowest BCUT2D eigenvalue weighted by Gasteiger charge is -2.07. The Kier molecular flexibility index (Phi) is 10.9. The molecule has 0 bridgehead atoms. The van der Waals surface area contributed by atoms with Gasteiger partial charge < -0.3 is 35.1 Å². The van der Waals surface area contributed by atoms with Crippen molar-refractivity contribution in [3.8, 4) is 5.75 Å². The van der Waals surface area contributed by atoms with Crippen molar-refractivity contribution in [2.45, 2.75) is 19.2 Å². The lowest BCUT2D eigenvalue weighted by molar-refractivity contribution is -0.274. The van der Waals surface area contributed by atoms with Crippen LogP contribution in [-0.2, 0) is 16.5 Å². The maximum atomic E-state index is 12.5. The number of methoxy groups -OCH3 is 2. The van der Waals surface area contributed by atoms with E-state index in [1.807, 2.05) is 7.05 Å². The fourth-order valence-corrected chi connectivity index (χ4v) is 4.34. The van der Waals surface area contributed by atoms with E-state index in [0.29, 0.717) is 51.9 Å². The number of hydrogen-bond donors (Lipinski definition) is 3. The number of anilines is 2. The van der Waals surface area contributed by atoms with Crippen LogP contribution in [0, 0.1) is 0 Å². The Labute approximate surface area is 227 Å². The molecule has 1 amide bonds. The molecule has 212 valence electrons. The molecule has 0 aliphatic rings. The summed E-state index contributed by atoms with van der Waals surface area (Å²) in [6.07, 6.45) is -3.07. The largest absolute Gasteiger partial charge is 0.573 e. The second kappa shape index (κ2) is 14.1. The van der Waals surface area contributed by atoms with Gasteiger partial charge in [-0.25, -0.2) is 9.97 Å². The summed E-state index contributed by atoms with van der Waals surface area (Å²) in [4.78, 5) is 21.3. The van der Waals surface area contributed by atoms with Gasteiger partial charge in [0.15, 0.2) is 5.13 Å². The molecule has 0 fully saturated rings. The standard InChI is InChI=1S/C21H20F3N5O3S.C4H11NO/c1-29-16-7-4-12(18(30)25-8-3-9-31-2)10-15(16)26-19(29)28-20-27-14-6-5-13(11-17(14)33-20)32-21(22,23)24;1-6-4-2-3-5/h4-7,10-11H,3,8-9H2,1-2H3,(H,25,30)(H,26,27,28);2-5H2,1H3. The third-order valence-electron chi connectivity index (χ3n) is 5.32. The number of amides is 1. The fourth-order valence-electron chi connectivity index (χ4n) is 3.45. The average molecular weight is 569 g/mol. The van der Waals surface area contributed by atoms with Crippen LogP contribution in [0.25, 0.3) is 21.3 Å². The highest BCUT2D eigenvalue weighted by Gasteiger charge is 2.31. The molecule has 0 atom stereocenters. The van der Waals surface area contributed by atoms with Gasteiger partial charge >= 0.3 is 6.36 Å². The van der Waals surface area contributed by atoms with Gasteiger partial charge in [-0.15, -0.1) is 13.2 Å². The van der Waals surface area contributed by atoms with Gasteiger partial charge in [0.2, 0.25) is 5.95 Å². The summed E-state index contributed by atoms with van der Waals surface area (Å²) in [5, 5.41) is 6.39. The number of nitrogens with two attached hydrogens (primary N) is 1. The lowest BCUT2D eigenvalue weighted by atomic mass is 10.2. The Balaban J connectivity index is 0.000000631. The predicted molar refractivity (Wildman–Crippen MR) is 145 cm³/mol. The molecule has 39 heavy (non-hydrogen) atoms. The van der Waals surface area contributed by atoms with Crippen molar-refractivity contribution in [1.29, 1.82) is 0 Å². The molecule has 0 unspecified atom stereocenters. The topological polar surface area (TPSA) is 126 Å². The number of rotatable bonds is 11. The summed E-state index contributed by atoms with van der Waals surface area (Å²) in [7, 11) is 5.09. The molecule has 0 spiro atoms. The summed E-state index contributed by atoms with van der Waals surface area (Å²) in [6.45, 7) is 2.59.